The van der Waals surface area contributed by atoms with Crippen molar-refractivity contribution in [2.45, 2.75) is 73.3 Å². The largest absolute Gasteiger partial charge is 0.337 e. The van der Waals surface area contributed by atoms with Crippen LogP contribution in [0.4, 0.5) is 11.4 Å². The highest BCUT2D eigenvalue weighted by Gasteiger charge is 2.23. The number of rotatable bonds is 13. The molecule has 0 spiro atoms. The normalized spacial score (nSPS) is 16.6. The van der Waals surface area contributed by atoms with Crippen molar-refractivity contribution in [1.82, 2.24) is 9.47 Å². The van der Waals surface area contributed by atoms with Crippen molar-refractivity contribution in [3.05, 3.63) is 279 Å². The summed E-state index contributed by atoms with van der Waals surface area (Å²) in [5.74, 6) is 0. The minimum Gasteiger partial charge on any atom is -0.337 e. The number of aryl methyl sites for hydroxylation is 1. The summed E-state index contributed by atoms with van der Waals surface area (Å²) < 4.78 is 2.53. The standard InChI is InChI=1S/C65H64N4/c1-7-20-56(42-48(3)4)67(58-34-33-52-24-13-14-26-53(52)45-58)40-19-41-68-64-32-18-31-61(47-63(64)62-37-35-55(36-38-65(62)68)66(39-8-2)57-29-16-22-50(6)43-57)69(59-28-15-12-21-49(5)44-59)60-30-17-27-51-23-10-9-11-25-54(51)46-60/h7-11,13-16,19-22,24-36,38-40,42-47H,1,12,17-18,23,37,41H2,2-6H3/b39-8+,40-19+,56-20+. The zero-order chi connectivity index (χ0) is 47.7. The van der Waals surface area contributed by atoms with Crippen LogP contribution in [0.25, 0.3) is 29.0 Å². The lowest BCUT2D eigenvalue weighted by Gasteiger charge is -2.29. The molecule has 0 fully saturated rings. The second-order valence-electron chi connectivity index (χ2n) is 18.4. The Kier molecular flexibility index (Phi) is 14.4. The predicted molar refractivity (Wildman–Crippen MR) is 297 cm³/mol. The molecular weight excluding hydrogens is 837 g/mol. The van der Waals surface area contributed by atoms with E-state index in [-0.39, 0.29) is 0 Å². The van der Waals surface area contributed by atoms with E-state index in [1.54, 1.807) is 0 Å². The zero-order valence-corrected chi connectivity index (χ0v) is 40.9. The summed E-state index contributed by atoms with van der Waals surface area (Å²) in [5.41, 5.74) is 16.8. The fourth-order valence-corrected chi connectivity index (χ4v) is 9.82. The van der Waals surface area contributed by atoms with Gasteiger partial charge < -0.3 is 19.3 Å². The second kappa shape index (κ2) is 21.4. The van der Waals surface area contributed by atoms with E-state index in [2.05, 4.69) is 267 Å². The van der Waals surface area contributed by atoms with Crippen LogP contribution in [0.2, 0.25) is 0 Å². The maximum Gasteiger partial charge on any atom is 0.0461 e. The van der Waals surface area contributed by atoms with Gasteiger partial charge in [-0.3, -0.25) is 0 Å². The quantitative estimate of drug-likeness (QED) is 0.124. The van der Waals surface area contributed by atoms with Gasteiger partial charge in [-0.2, -0.15) is 0 Å². The molecule has 0 saturated carbocycles. The Bertz CT molecular complexity index is 3280. The third kappa shape index (κ3) is 10.5. The monoisotopic (exact) mass is 901 g/mol. The van der Waals surface area contributed by atoms with Crippen LogP contribution in [-0.4, -0.2) is 9.47 Å². The molecule has 1 aromatic heterocycles. The van der Waals surface area contributed by atoms with Crippen molar-refractivity contribution in [1.29, 1.82) is 0 Å². The molecule has 0 atom stereocenters. The van der Waals surface area contributed by atoms with Crippen LogP contribution in [0.15, 0.2) is 252 Å². The molecular formula is C65H64N4. The molecule has 9 rings (SSSR count). The van der Waals surface area contributed by atoms with Crippen molar-refractivity contribution in [2.24, 2.45) is 0 Å². The lowest BCUT2D eigenvalue weighted by atomic mass is 10.0. The third-order valence-electron chi connectivity index (χ3n) is 13.0. The highest BCUT2D eigenvalue weighted by atomic mass is 15.2. The minimum absolute atomic E-state index is 0.668. The second-order valence-corrected chi connectivity index (χ2v) is 18.4. The summed E-state index contributed by atoms with van der Waals surface area (Å²) in [7, 11) is 0. The maximum absolute atomic E-state index is 4.11. The van der Waals surface area contributed by atoms with Crippen LogP contribution in [0.1, 0.15) is 70.2 Å². The van der Waals surface area contributed by atoms with E-state index in [9.17, 15) is 0 Å². The Labute approximate surface area is 410 Å². The smallest absolute Gasteiger partial charge is 0.0461 e. The molecule has 0 bridgehead atoms. The average Bonchev–Trinajstić information content (AvgIpc) is 3.84. The number of allylic oxidation sites excluding steroid dienone is 24. The van der Waals surface area contributed by atoms with Gasteiger partial charge in [-0.25, -0.2) is 0 Å². The first-order chi connectivity index (χ1) is 33.8. The van der Waals surface area contributed by atoms with Crippen LogP contribution in [-0.2, 0) is 13.0 Å². The Morgan fingerprint density at radius 2 is 1.54 bits per heavy atom. The van der Waals surface area contributed by atoms with E-state index >= 15 is 0 Å². The van der Waals surface area contributed by atoms with E-state index in [4.69, 9.17) is 0 Å². The SMILES string of the molecule is C=C/C=C(\C=C(C)C)N(/C=C/Cn1c2c(c3c1=CCC=C(N(C1=CCC=C4CC=CC=CC4=C1)C1=CC(C)=CCC=C1)C=3)CC=C(N(/C=C/C)c1cccc(C)c1)C=C2)c1ccc2ccccc2c1. The molecule has 0 saturated heterocycles. The van der Waals surface area contributed by atoms with Gasteiger partial charge in [0.2, 0.25) is 0 Å². The first kappa shape index (κ1) is 46.3. The summed E-state index contributed by atoms with van der Waals surface area (Å²) in [6, 6.07) is 24.0. The van der Waals surface area contributed by atoms with Crippen LogP contribution in [0.3, 0.4) is 0 Å². The highest BCUT2D eigenvalue weighted by molar-refractivity contribution is 5.86. The number of anilines is 2. The van der Waals surface area contributed by atoms with Gasteiger partial charge in [0.25, 0.3) is 0 Å². The van der Waals surface area contributed by atoms with Gasteiger partial charge in [0.15, 0.2) is 0 Å². The first-order valence-electron chi connectivity index (χ1n) is 24.5. The van der Waals surface area contributed by atoms with Gasteiger partial charge in [-0.15, -0.1) is 0 Å². The van der Waals surface area contributed by atoms with Crippen molar-refractivity contribution in [3.8, 4) is 0 Å². The summed E-state index contributed by atoms with van der Waals surface area (Å²) >= 11 is 0. The number of hydrogen-bond acceptors (Lipinski definition) is 3. The van der Waals surface area contributed by atoms with E-state index in [1.807, 2.05) is 6.08 Å². The van der Waals surface area contributed by atoms with Crippen LogP contribution in [0, 0.1) is 6.92 Å². The Hall–Kier alpha value is -7.82. The summed E-state index contributed by atoms with van der Waals surface area (Å²) in [5, 5.41) is 4.92. The average molecular weight is 901 g/mol. The molecule has 4 aromatic rings. The van der Waals surface area contributed by atoms with Crippen LogP contribution in [0.5, 0.6) is 0 Å². The van der Waals surface area contributed by atoms with Crippen molar-refractivity contribution < 1.29 is 0 Å². The number of aromatic nitrogens is 1. The first-order valence-corrected chi connectivity index (χ1v) is 24.5. The molecule has 0 radical (unpaired) electrons. The van der Waals surface area contributed by atoms with Gasteiger partial charge >= 0.3 is 0 Å². The summed E-state index contributed by atoms with van der Waals surface area (Å²) in [6.07, 6.45) is 59.0. The molecule has 3 aromatic carbocycles. The zero-order valence-electron chi connectivity index (χ0n) is 40.9. The van der Waals surface area contributed by atoms with Crippen LogP contribution >= 0.6 is 0 Å². The topological polar surface area (TPSA) is 14.7 Å². The Balaban J connectivity index is 1.20. The molecule has 69 heavy (non-hydrogen) atoms. The van der Waals surface area contributed by atoms with Crippen molar-refractivity contribution >= 4 is 40.4 Å². The molecule has 0 aliphatic heterocycles. The number of benzene rings is 3. The number of nitrogens with zero attached hydrogens (tertiary/aromatic N) is 4. The molecule has 4 nitrogen and oxygen atoms in total. The van der Waals surface area contributed by atoms with E-state index in [0.29, 0.717) is 6.54 Å². The molecule has 5 aliphatic carbocycles. The van der Waals surface area contributed by atoms with E-state index < -0.39 is 0 Å². The molecule has 0 amide bonds. The van der Waals surface area contributed by atoms with Gasteiger partial charge in [0.1, 0.15) is 0 Å². The summed E-state index contributed by atoms with van der Waals surface area (Å²) in [4.78, 5) is 7.10. The van der Waals surface area contributed by atoms with Crippen molar-refractivity contribution in [3.63, 3.8) is 0 Å². The molecule has 4 heteroatoms. The maximum atomic E-state index is 4.11. The van der Waals surface area contributed by atoms with Gasteiger partial charge in [0, 0.05) is 75.1 Å². The third-order valence-corrected chi connectivity index (χ3v) is 13.0. The predicted octanol–water partition coefficient (Wildman–Crippen LogP) is 15.1. The number of hydrogen-bond donors (Lipinski definition) is 0. The Morgan fingerprint density at radius 3 is 2.36 bits per heavy atom. The lowest BCUT2D eigenvalue weighted by Crippen LogP contribution is -2.31. The molecule has 0 unspecified atom stereocenters. The molecule has 5 aliphatic rings. The van der Waals surface area contributed by atoms with Crippen molar-refractivity contribution in [2.75, 3.05) is 9.80 Å². The van der Waals surface area contributed by atoms with E-state index in [0.717, 1.165) is 54.9 Å². The minimum atomic E-state index is 0.668. The fourth-order valence-electron chi connectivity index (χ4n) is 9.82. The lowest BCUT2D eigenvalue weighted by molar-refractivity contribution is 0.581. The van der Waals surface area contributed by atoms with Gasteiger partial charge in [-0.05, 0) is 179 Å². The molecule has 0 N–H and O–H groups in total. The van der Waals surface area contributed by atoms with Gasteiger partial charge in [-0.1, -0.05) is 139 Å². The van der Waals surface area contributed by atoms with Gasteiger partial charge in [0.05, 0.1) is 0 Å². The molecule has 1 heterocycles. The highest BCUT2D eigenvalue weighted by Crippen LogP contribution is 2.34. The fraction of sp³-hybridized carbons (Fsp3) is 0.169. The van der Waals surface area contributed by atoms with E-state index in [1.165, 1.54) is 77.5 Å². The molecule has 344 valence electrons. The Morgan fingerprint density at radius 1 is 0.696 bits per heavy atom. The number of fused-ring (bicyclic) bond motifs is 5. The summed E-state index contributed by atoms with van der Waals surface area (Å²) in [6.45, 7) is 15.5. The van der Waals surface area contributed by atoms with Crippen LogP contribution < -0.4 is 20.4 Å².